The average Bonchev–Trinajstić information content (AvgIpc) is 3.65. The molecule has 0 spiro atoms. The van der Waals surface area contributed by atoms with E-state index in [2.05, 4.69) is 33.1 Å². The zero-order chi connectivity index (χ0) is 29.5. The fourth-order valence-corrected chi connectivity index (χ4v) is 4.44. The molecule has 2 aliphatic heterocycles. The van der Waals surface area contributed by atoms with Gasteiger partial charge in [0.2, 0.25) is 0 Å². The molecule has 3 aromatic heterocycles. The van der Waals surface area contributed by atoms with Crippen molar-refractivity contribution in [3.8, 4) is 0 Å². The standard InChI is InChI=1S/C18H22N6OS.2C2HF3O2/c1-2-16-20-18(14-3-5-22(11-14)13-17-19-4-10-26-17)21-24(16)12-15(1)23-6-8-25-9-7-23;2*3-2(4,5)1(6)7/h1-2,4,10,12,14H,3,5-9,11,13H2;2*(H,6,7). The number of pyridine rings is 1. The third-order valence-electron chi connectivity index (χ3n) is 5.67. The zero-order valence-electron chi connectivity index (χ0n) is 20.6. The Morgan fingerprint density at radius 3 is 2.20 bits per heavy atom. The molecule has 2 aliphatic rings. The Balaban J connectivity index is 0.000000263. The van der Waals surface area contributed by atoms with Crippen LogP contribution in [0.1, 0.15) is 23.2 Å². The number of morpholine rings is 1. The van der Waals surface area contributed by atoms with Gasteiger partial charge in [-0.05, 0) is 25.1 Å². The van der Waals surface area contributed by atoms with E-state index in [0.717, 1.165) is 63.8 Å². The number of likely N-dealkylation sites (tertiary alicyclic amines) is 1. The van der Waals surface area contributed by atoms with E-state index in [4.69, 9.17) is 34.6 Å². The largest absolute Gasteiger partial charge is 0.490 e. The molecule has 40 heavy (non-hydrogen) atoms. The third-order valence-corrected chi connectivity index (χ3v) is 6.44. The van der Waals surface area contributed by atoms with Crippen LogP contribution in [0.4, 0.5) is 32.0 Å². The van der Waals surface area contributed by atoms with Crippen molar-refractivity contribution < 1.29 is 50.9 Å². The van der Waals surface area contributed by atoms with Crippen LogP contribution in [0.2, 0.25) is 0 Å². The molecule has 5 heterocycles. The van der Waals surface area contributed by atoms with E-state index in [-0.39, 0.29) is 0 Å². The van der Waals surface area contributed by atoms with Crippen LogP contribution in [0.25, 0.3) is 5.65 Å². The predicted octanol–water partition coefficient (Wildman–Crippen LogP) is 3.28. The van der Waals surface area contributed by atoms with Crippen molar-refractivity contribution >= 4 is 34.6 Å². The second-order valence-electron chi connectivity index (χ2n) is 8.51. The van der Waals surface area contributed by atoms with E-state index < -0.39 is 24.3 Å². The van der Waals surface area contributed by atoms with Crippen LogP contribution < -0.4 is 4.90 Å². The summed E-state index contributed by atoms with van der Waals surface area (Å²) in [5.41, 5.74) is 2.12. The first-order valence-electron chi connectivity index (χ1n) is 11.6. The van der Waals surface area contributed by atoms with Gasteiger partial charge < -0.3 is 19.8 Å². The highest BCUT2D eigenvalue weighted by Crippen LogP contribution is 2.27. The smallest absolute Gasteiger partial charge is 0.475 e. The van der Waals surface area contributed by atoms with E-state index in [1.165, 1.54) is 10.7 Å². The van der Waals surface area contributed by atoms with Crippen molar-refractivity contribution in [2.24, 2.45) is 0 Å². The number of carboxylic acid groups (broad SMARTS) is 2. The second-order valence-corrected chi connectivity index (χ2v) is 9.49. The first-order valence-corrected chi connectivity index (χ1v) is 12.5. The first kappa shape index (κ1) is 31.0. The van der Waals surface area contributed by atoms with Gasteiger partial charge in [0.25, 0.3) is 0 Å². The monoisotopic (exact) mass is 598 g/mol. The summed E-state index contributed by atoms with van der Waals surface area (Å²) in [7, 11) is 0. The number of hydrogen-bond donors (Lipinski definition) is 2. The number of halogens is 6. The maximum atomic E-state index is 10.6. The molecule has 220 valence electrons. The summed E-state index contributed by atoms with van der Waals surface area (Å²) in [5.74, 6) is -4.15. The van der Waals surface area contributed by atoms with Gasteiger partial charge in [0.05, 0.1) is 31.6 Å². The van der Waals surface area contributed by atoms with Crippen LogP contribution in [0, 0.1) is 0 Å². The van der Waals surface area contributed by atoms with Crippen molar-refractivity contribution in [1.82, 2.24) is 24.5 Å². The van der Waals surface area contributed by atoms with Crippen LogP contribution in [0.15, 0.2) is 29.9 Å². The van der Waals surface area contributed by atoms with E-state index in [1.54, 1.807) is 11.3 Å². The minimum atomic E-state index is -5.08. The molecule has 11 nitrogen and oxygen atoms in total. The summed E-state index contributed by atoms with van der Waals surface area (Å²) >= 11 is 1.72. The molecule has 1 unspecified atom stereocenters. The van der Waals surface area contributed by atoms with Crippen LogP contribution in [-0.4, -0.2) is 98.4 Å². The third kappa shape index (κ3) is 9.02. The van der Waals surface area contributed by atoms with Gasteiger partial charge in [-0.3, -0.25) is 4.90 Å². The van der Waals surface area contributed by atoms with Gasteiger partial charge >= 0.3 is 24.3 Å². The van der Waals surface area contributed by atoms with Crippen LogP contribution in [-0.2, 0) is 20.9 Å². The highest BCUT2D eigenvalue weighted by Gasteiger charge is 2.39. The second kappa shape index (κ2) is 13.2. The van der Waals surface area contributed by atoms with Crippen molar-refractivity contribution in [1.29, 1.82) is 0 Å². The van der Waals surface area contributed by atoms with Gasteiger partial charge in [0, 0.05) is 37.1 Å². The zero-order valence-corrected chi connectivity index (χ0v) is 21.4. The Bertz CT molecular complexity index is 1240. The number of aliphatic carboxylic acids is 2. The quantitative estimate of drug-likeness (QED) is 0.431. The maximum absolute atomic E-state index is 10.6. The van der Waals surface area contributed by atoms with Crippen molar-refractivity contribution in [2.75, 3.05) is 44.3 Å². The highest BCUT2D eigenvalue weighted by atomic mass is 32.1. The fraction of sp³-hybridized carbons (Fsp3) is 0.500. The molecule has 1 atom stereocenters. The van der Waals surface area contributed by atoms with Crippen LogP contribution in [0.5, 0.6) is 0 Å². The number of fused-ring (bicyclic) bond motifs is 1. The molecule has 0 bridgehead atoms. The number of nitrogens with zero attached hydrogens (tertiary/aromatic N) is 6. The van der Waals surface area contributed by atoms with Gasteiger partial charge in [0.15, 0.2) is 11.5 Å². The Kier molecular flexibility index (Phi) is 10.3. The lowest BCUT2D eigenvalue weighted by atomic mass is 10.1. The molecule has 2 fully saturated rings. The Hall–Kier alpha value is -3.51. The molecule has 18 heteroatoms. The number of aromatic nitrogens is 4. The number of carbonyl (C=O) groups is 2. The molecule has 5 rings (SSSR count). The number of alkyl halides is 6. The van der Waals surface area contributed by atoms with Crippen molar-refractivity contribution in [3.63, 3.8) is 0 Å². The van der Waals surface area contributed by atoms with Crippen LogP contribution >= 0.6 is 11.3 Å². The van der Waals surface area contributed by atoms with E-state index in [0.29, 0.717) is 5.92 Å². The predicted molar refractivity (Wildman–Crippen MR) is 128 cm³/mol. The number of ether oxygens (including phenoxy) is 1. The lowest BCUT2D eigenvalue weighted by Gasteiger charge is -2.28. The molecular weight excluding hydrogens is 574 g/mol. The number of rotatable bonds is 4. The summed E-state index contributed by atoms with van der Waals surface area (Å²) < 4.78 is 70.8. The Morgan fingerprint density at radius 2 is 1.65 bits per heavy atom. The van der Waals surface area contributed by atoms with E-state index >= 15 is 0 Å². The minimum absolute atomic E-state index is 0.404. The molecule has 3 aromatic rings. The van der Waals surface area contributed by atoms with Crippen molar-refractivity contribution in [2.45, 2.75) is 31.2 Å². The van der Waals surface area contributed by atoms with Gasteiger partial charge in [-0.1, -0.05) is 0 Å². The average molecular weight is 599 g/mol. The lowest BCUT2D eigenvalue weighted by Crippen LogP contribution is -2.36. The van der Waals surface area contributed by atoms with Gasteiger partial charge in [-0.25, -0.2) is 24.1 Å². The number of thiazole rings is 1. The van der Waals surface area contributed by atoms with Gasteiger partial charge in [0.1, 0.15) is 5.01 Å². The van der Waals surface area contributed by atoms with Crippen molar-refractivity contribution in [3.05, 3.63) is 40.7 Å². The first-order chi connectivity index (χ1) is 18.7. The molecule has 0 amide bonds. The number of carboxylic acids is 2. The molecule has 2 N–H and O–H groups in total. The molecule has 0 aromatic carbocycles. The van der Waals surface area contributed by atoms with Gasteiger partial charge in [-0.15, -0.1) is 11.3 Å². The molecule has 0 radical (unpaired) electrons. The number of hydrogen-bond acceptors (Lipinski definition) is 9. The minimum Gasteiger partial charge on any atom is -0.475 e. The summed E-state index contributed by atoms with van der Waals surface area (Å²) in [4.78, 5) is 31.8. The fourth-order valence-electron chi connectivity index (χ4n) is 3.78. The van der Waals surface area contributed by atoms with Crippen LogP contribution in [0.3, 0.4) is 0 Å². The molecule has 2 saturated heterocycles. The maximum Gasteiger partial charge on any atom is 0.490 e. The summed E-state index contributed by atoms with van der Waals surface area (Å²) in [5, 5.41) is 22.3. The highest BCUT2D eigenvalue weighted by molar-refractivity contribution is 7.09. The molecule has 0 aliphatic carbocycles. The molecular formula is C22H24F6N6O5S. The number of anilines is 1. The molecule has 0 saturated carbocycles. The van der Waals surface area contributed by atoms with E-state index in [1.807, 2.05) is 16.1 Å². The Morgan fingerprint density at radius 1 is 1.02 bits per heavy atom. The normalized spacial score (nSPS) is 18.1. The summed E-state index contributed by atoms with van der Waals surface area (Å²) in [6.45, 7) is 6.46. The van der Waals surface area contributed by atoms with E-state index in [9.17, 15) is 26.3 Å². The lowest BCUT2D eigenvalue weighted by molar-refractivity contribution is -0.193. The Labute approximate surface area is 226 Å². The SMILES string of the molecule is O=C(O)C(F)(F)F.O=C(O)C(F)(F)F.c1csc(CN2CCC(c3nc4ccc(N5CCOCC5)cn4n3)C2)n1. The van der Waals surface area contributed by atoms with Gasteiger partial charge in [-0.2, -0.15) is 31.4 Å². The summed E-state index contributed by atoms with van der Waals surface area (Å²) in [6, 6.07) is 4.21. The summed E-state index contributed by atoms with van der Waals surface area (Å²) in [6.07, 6.45) is -5.08. The topological polar surface area (TPSA) is 133 Å².